The Balaban J connectivity index is 1.72. The minimum absolute atomic E-state index is 0.220. The Kier molecular flexibility index (Phi) is 8.33. The van der Waals surface area contributed by atoms with E-state index in [1.54, 1.807) is 24.3 Å². The van der Waals surface area contributed by atoms with Gasteiger partial charge in [0.2, 0.25) is 0 Å². The van der Waals surface area contributed by atoms with Gasteiger partial charge in [0.25, 0.3) is 5.13 Å². The maximum Gasteiger partial charge on any atom is 0.316 e. The largest absolute Gasteiger partial charge is 0.465 e. The van der Waals surface area contributed by atoms with Gasteiger partial charge in [0.15, 0.2) is 4.34 Å². The summed E-state index contributed by atoms with van der Waals surface area (Å²) in [7, 11) is 0. The van der Waals surface area contributed by atoms with Crippen LogP contribution >= 0.6 is 23.1 Å². The van der Waals surface area contributed by atoms with Crippen LogP contribution in [0.5, 0.6) is 0 Å². The highest BCUT2D eigenvalue weighted by Gasteiger charge is 2.09. The fourth-order valence-electron chi connectivity index (χ4n) is 1.82. The van der Waals surface area contributed by atoms with Crippen LogP contribution in [0.15, 0.2) is 38.8 Å². The summed E-state index contributed by atoms with van der Waals surface area (Å²) in [6.07, 6.45) is 4.35. The molecule has 2 rings (SSSR count). The van der Waals surface area contributed by atoms with Gasteiger partial charge in [-0.2, -0.15) is 0 Å². The third kappa shape index (κ3) is 7.61. The van der Waals surface area contributed by atoms with Crippen LogP contribution in [0.1, 0.15) is 32.6 Å². The first-order chi connectivity index (χ1) is 12.2. The Bertz CT molecular complexity index is 688. The van der Waals surface area contributed by atoms with Gasteiger partial charge in [-0.25, -0.2) is 0 Å². The van der Waals surface area contributed by atoms with Crippen molar-refractivity contribution in [2.24, 2.45) is 10.2 Å². The molecular weight excluding hydrogens is 358 g/mol. The van der Waals surface area contributed by atoms with Gasteiger partial charge in [0.1, 0.15) is 0 Å². The van der Waals surface area contributed by atoms with Crippen molar-refractivity contribution >= 4 is 45.6 Å². The Morgan fingerprint density at radius 3 is 2.76 bits per heavy atom. The van der Waals surface area contributed by atoms with Crippen molar-refractivity contribution in [2.75, 3.05) is 18.1 Å². The van der Waals surface area contributed by atoms with E-state index in [4.69, 9.17) is 10.5 Å². The van der Waals surface area contributed by atoms with Crippen LogP contribution in [-0.2, 0) is 9.53 Å². The van der Waals surface area contributed by atoms with Gasteiger partial charge >= 0.3 is 5.97 Å². The lowest BCUT2D eigenvalue weighted by Crippen LogP contribution is -2.08. The highest BCUT2D eigenvalue weighted by molar-refractivity contribution is 8.01. The van der Waals surface area contributed by atoms with E-state index < -0.39 is 0 Å². The van der Waals surface area contributed by atoms with Crippen LogP contribution in [0.3, 0.4) is 0 Å². The van der Waals surface area contributed by atoms with E-state index in [9.17, 15) is 4.79 Å². The van der Waals surface area contributed by atoms with Crippen molar-refractivity contribution in [3.05, 3.63) is 24.3 Å². The van der Waals surface area contributed by atoms with Crippen LogP contribution in [-0.4, -0.2) is 28.5 Å². The number of nitrogens with zero attached hydrogens (tertiary/aromatic N) is 4. The summed E-state index contributed by atoms with van der Waals surface area (Å²) in [5, 5.41) is 16.5. The van der Waals surface area contributed by atoms with Crippen molar-refractivity contribution in [3.63, 3.8) is 0 Å². The first-order valence-electron chi connectivity index (χ1n) is 8.06. The average molecular weight is 380 g/mol. The molecule has 7 nitrogen and oxygen atoms in total. The van der Waals surface area contributed by atoms with Crippen LogP contribution in [0.2, 0.25) is 0 Å². The minimum atomic E-state index is -0.234. The number of carbonyl (C=O) groups is 1. The summed E-state index contributed by atoms with van der Waals surface area (Å²) >= 11 is 2.57. The highest BCUT2D eigenvalue weighted by atomic mass is 32.2. The quantitative estimate of drug-likeness (QED) is 0.210. The number of nitrogens with two attached hydrogens (primary N) is 1. The van der Waals surface area contributed by atoms with E-state index in [2.05, 4.69) is 27.3 Å². The van der Waals surface area contributed by atoms with Crippen molar-refractivity contribution in [3.8, 4) is 0 Å². The van der Waals surface area contributed by atoms with Gasteiger partial charge in [-0.15, -0.1) is 20.4 Å². The molecule has 0 radical (unpaired) electrons. The summed E-state index contributed by atoms with van der Waals surface area (Å²) in [4.78, 5) is 11.7. The van der Waals surface area contributed by atoms with Crippen LogP contribution in [0, 0.1) is 0 Å². The lowest BCUT2D eigenvalue weighted by Gasteiger charge is -2.02. The number of carbonyl (C=O) groups excluding carboxylic acids is 1. The molecule has 1 aromatic carbocycles. The number of hydrogen-bond acceptors (Lipinski definition) is 9. The van der Waals surface area contributed by atoms with Gasteiger partial charge in [0.05, 0.1) is 18.0 Å². The van der Waals surface area contributed by atoms with E-state index in [-0.39, 0.29) is 11.7 Å². The number of benzene rings is 1. The molecule has 0 unspecified atom stereocenters. The average Bonchev–Trinajstić information content (AvgIpc) is 3.07. The second kappa shape index (κ2) is 10.8. The molecule has 2 aromatic rings. The molecule has 0 bridgehead atoms. The lowest BCUT2D eigenvalue weighted by molar-refractivity contribution is -0.140. The van der Waals surface area contributed by atoms with E-state index in [1.165, 1.54) is 35.9 Å². The Hall–Kier alpha value is -2.00. The van der Waals surface area contributed by atoms with E-state index in [0.29, 0.717) is 27.5 Å². The number of azo groups is 1. The molecule has 0 atom stereocenters. The van der Waals surface area contributed by atoms with E-state index in [0.717, 1.165) is 12.8 Å². The number of nitrogen functional groups attached to an aromatic ring is 1. The van der Waals surface area contributed by atoms with Crippen LogP contribution in [0.4, 0.5) is 16.5 Å². The first kappa shape index (κ1) is 19.3. The maximum absolute atomic E-state index is 11.7. The molecule has 0 saturated carbocycles. The zero-order valence-corrected chi connectivity index (χ0v) is 15.7. The first-order valence-corrected chi connectivity index (χ1v) is 9.87. The zero-order chi connectivity index (χ0) is 17.9. The van der Waals surface area contributed by atoms with Gasteiger partial charge in [-0.05, 0) is 30.7 Å². The normalized spacial score (nSPS) is 11.1. The second-order valence-corrected chi connectivity index (χ2v) is 7.39. The fourth-order valence-corrected chi connectivity index (χ4v) is 3.28. The predicted octanol–water partition coefficient (Wildman–Crippen LogP) is 4.75. The van der Waals surface area contributed by atoms with E-state index in [1.807, 2.05) is 0 Å². The molecule has 0 fully saturated rings. The number of hydrogen-bond donors (Lipinski definition) is 1. The summed E-state index contributed by atoms with van der Waals surface area (Å²) < 4.78 is 5.84. The van der Waals surface area contributed by atoms with Crippen LogP contribution in [0.25, 0.3) is 0 Å². The monoisotopic (exact) mass is 379 g/mol. The predicted molar refractivity (Wildman–Crippen MR) is 101 cm³/mol. The molecule has 134 valence electrons. The lowest BCUT2D eigenvalue weighted by atomic mass is 10.2. The number of aromatic nitrogens is 2. The van der Waals surface area contributed by atoms with Crippen molar-refractivity contribution < 1.29 is 9.53 Å². The highest BCUT2D eigenvalue weighted by Crippen LogP contribution is 2.28. The summed E-state index contributed by atoms with van der Waals surface area (Å²) in [5.74, 6) is -0.0147. The Labute approximate surface area is 155 Å². The molecular formula is C16H21N5O2S2. The molecule has 0 saturated heterocycles. The van der Waals surface area contributed by atoms with Gasteiger partial charge in [0, 0.05) is 5.69 Å². The molecule has 1 aromatic heterocycles. The molecule has 0 aliphatic heterocycles. The molecule has 2 N–H and O–H groups in total. The SMILES string of the molecule is CCCCCCOC(=O)CSc1nnc(/N=N/c2ccc(N)cc2)s1. The van der Waals surface area contributed by atoms with Gasteiger partial charge in [-0.1, -0.05) is 49.3 Å². The maximum atomic E-state index is 11.7. The third-order valence-corrected chi connectivity index (χ3v) is 5.03. The Morgan fingerprint density at radius 1 is 1.20 bits per heavy atom. The fraction of sp³-hybridized carbons (Fsp3) is 0.438. The summed E-state index contributed by atoms with van der Waals surface area (Å²) in [6.45, 7) is 2.63. The number of rotatable bonds is 10. The molecule has 1 heterocycles. The smallest absolute Gasteiger partial charge is 0.316 e. The molecule has 25 heavy (non-hydrogen) atoms. The second-order valence-electron chi connectivity index (χ2n) is 5.21. The molecule has 9 heteroatoms. The Morgan fingerprint density at radius 2 is 2.00 bits per heavy atom. The number of anilines is 1. The summed E-state index contributed by atoms with van der Waals surface area (Å²) in [5.41, 5.74) is 6.97. The minimum Gasteiger partial charge on any atom is -0.465 e. The topological polar surface area (TPSA) is 103 Å². The molecule has 0 spiro atoms. The van der Waals surface area contributed by atoms with Crippen molar-refractivity contribution in [1.29, 1.82) is 0 Å². The summed E-state index contributed by atoms with van der Waals surface area (Å²) in [6, 6.07) is 7.05. The number of unbranched alkanes of at least 4 members (excludes halogenated alkanes) is 3. The molecule has 0 aliphatic rings. The number of ether oxygens (including phenoxy) is 1. The zero-order valence-electron chi connectivity index (χ0n) is 14.1. The van der Waals surface area contributed by atoms with Crippen molar-refractivity contribution in [2.45, 2.75) is 36.9 Å². The van der Waals surface area contributed by atoms with Gasteiger partial charge < -0.3 is 10.5 Å². The van der Waals surface area contributed by atoms with Crippen LogP contribution < -0.4 is 5.73 Å². The van der Waals surface area contributed by atoms with Crippen molar-refractivity contribution in [1.82, 2.24) is 10.2 Å². The molecule has 0 amide bonds. The van der Waals surface area contributed by atoms with Gasteiger partial charge in [-0.3, -0.25) is 4.79 Å². The molecule has 0 aliphatic carbocycles. The standard InChI is InChI=1S/C16H21N5O2S2/c1-2-3-4-5-10-23-14(22)11-24-16-21-20-15(25-16)19-18-13-8-6-12(17)7-9-13/h6-9H,2-5,10-11,17H2,1H3/b19-18+. The third-order valence-electron chi connectivity index (χ3n) is 3.11. The number of esters is 1. The van der Waals surface area contributed by atoms with E-state index >= 15 is 0 Å². The number of thioether (sulfide) groups is 1.